The number of rotatable bonds is 8. The Morgan fingerprint density at radius 3 is 2.56 bits per heavy atom. The molecular formula is C19H27N3O3. The first-order valence-corrected chi connectivity index (χ1v) is 9.05. The summed E-state index contributed by atoms with van der Waals surface area (Å²) in [6.45, 7) is 4.99. The zero-order chi connectivity index (χ0) is 18.2. The number of benzene rings is 1. The topological polar surface area (TPSA) is 78.5 Å². The van der Waals surface area contributed by atoms with Gasteiger partial charge in [0.1, 0.15) is 0 Å². The maximum atomic E-state index is 12.3. The van der Waals surface area contributed by atoms with Crippen molar-refractivity contribution in [2.45, 2.75) is 52.4 Å². The Hall–Kier alpha value is -2.37. The van der Waals surface area contributed by atoms with Crippen LogP contribution in [0.15, 0.2) is 24.3 Å². The van der Waals surface area contributed by atoms with E-state index in [1.807, 2.05) is 0 Å². The molecule has 1 saturated heterocycles. The van der Waals surface area contributed by atoms with E-state index in [-0.39, 0.29) is 30.6 Å². The van der Waals surface area contributed by atoms with Gasteiger partial charge in [0.15, 0.2) is 0 Å². The van der Waals surface area contributed by atoms with Gasteiger partial charge in [-0.2, -0.15) is 0 Å². The summed E-state index contributed by atoms with van der Waals surface area (Å²) in [7, 11) is 0. The van der Waals surface area contributed by atoms with Crippen LogP contribution in [-0.4, -0.2) is 24.3 Å². The maximum Gasteiger partial charge on any atom is 0.251 e. The van der Waals surface area contributed by atoms with Crippen molar-refractivity contribution in [1.29, 1.82) is 0 Å². The van der Waals surface area contributed by atoms with Gasteiger partial charge in [0, 0.05) is 24.9 Å². The Morgan fingerprint density at radius 1 is 1.20 bits per heavy atom. The molecule has 1 fully saturated rings. The molecule has 1 aliphatic heterocycles. The molecule has 2 N–H and O–H groups in total. The molecule has 1 heterocycles. The van der Waals surface area contributed by atoms with Crippen molar-refractivity contribution in [1.82, 2.24) is 10.7 Å². The number of amides is 3. The van der Waals surface area contributed by atoms with E-state index in [0.29, 0.717) is 23.7 Å². The minimum Gasteiger partial charge on any atom is -0.352 e. The summed E-state index contributed by atoms with van der Waals surface area (Å²) in [4.78, 5) is 35.6. The summed E-state index contributed by atoms with van der Waals surface area (Å²) in [5.41, 5.74) is 3.65. The number of nitrogens with one attached hydrogen (secondary N) is 2. The molecule has 25 heavy (non-hydrogen) atoms. The minimum atomic E-state index is -0.181. The summed E-state index contributed by atoms with van der Waals surface area (Å²) in [6.07, 6.45) is 4.94. The SMILES string of the molecule is CCCCC(CC)CNC(=O)c1ccc(N2NC(=O)CCC2=O)cc1. The lowest BCUT2D eigenvalue weighted by Crippen LogP contribution is -2.50. The smallest absolute Gasteiger partial charge is 0.251 e. The van der Waals surface area contributed by atoms with Gasteiger partial charge in [-0.15, -0.1) is 0 Å². The van der Waals surface area contributed by atoms with Crippen LogP contribution in [0.2, 0.25) is 0 Å². The highest BCUT2D eigenvalue weighted by atomic mass is 16.2. The summed E-state index contributed by atoms with van der Waals surface area (Å²) in [6, 6.07) is 6.69. The van der Waals surface area contributed by atoms with Crippen LogP contribution in [0.1, 0.15) is 62.7 Å². The Bertz CT molecular complexity index is 613. The second-order valence-electron chi connectivity index (χ2n) is 6.44. The Labute approximate surface area is 148 Å². The number of hydrogen-bond acceptors (Lipinski definition) is 3. The van der Waals surface area contributed by atoms with Crippen molar-refractivity contribution in [3.8, 4) is 0 Å². The highest BCUT2D eigenvalue weighted by molar-refractivity contribution is 6.01. The quantitative estimate of drug-likeness (QED) is 0.760. The Balaban J connectivity index is 1.93. The third kappa shape index (κ3) is 5.31. The summed E-state index contributed by atoms with van der Waals surface area (Å²) in [5, 5.41) is 4.23. The van der Waals surface area contributed by atoms with Gasteiger partial charge in [0.25, 0.3) is 5.91 Å². The fourth-order valence-corrected chi connectivity index (χ4v) is 2.83. The molecule has 0 aliphatic carbocycles. The van der Waals surface area contributed by atoms with Crippen molar-refractivity contribution >= 4 is 23.4 Å². The predicted octanol–water partition coefficient (Wildman–Crippen LogP) is 2.79. The molecule has 2 rings (SSSR count). The van der Waals surface area contributed by atoms with Crippen LogP contribution in [0.25, 0.3) is 0 Å². The lowest BCUT2D eigenvalue weighted by Gasteiger charge is -2.27. The van der Waals surface area contributed by atoms with Crippen molar-refractivity contribution in [2.75, 3.05) is 11.6 Å². The standard InChI is InChI=1S/C19H27N3O3/c1-3-5-6-14(4-2)13-20-19(25)15-7-9-16(10-8-15)22-18(24)12-11-17(23)21-22/h7-10,14H,3-6,11-13H2,1-2H3,(H,20,25)(H,21,23). The van der Waals surface area contributed by atoms with E-state index in [9.17, 15) is 14.4 Å². The highest BCUT2D eigenvalue weighted by Crippen LogP contribution is 2.18. The summed E-state index contributed by atoms with van der Waals surface area (Å²) in [5.74, 6) is 0.0532. The molecule has 0 bridgehead atoms. The first-order valence-electron chi connectivity index (χ1n) is 9.05. The van der Waals surface area contributed by atoms with Crippen molar-refractivity contribution in [3.63, 3.8) is 0 Å². The number of hydrogen-bond donors (Lipinski definition) is 2. The number of carbonyl (C=O) groups excluding carboxylic acids is 3. The number of nitrogens with zero attached hydrogens (tertiary/aromatic N) is 1. The van der Waals surface area contributed by atoms with Crippen molar-refractivity contribution in [3.05, 3.63) is 29.8 Å². The van der Waals surface area contributed by atoms with Gasteiger partial charge in [-0.1, -0.05) is 33.1 Å². The molecular weight excluding hydrogens is 318 g/mol. The van der Waals surface area contributed by atoms with Gasteiger partial charge in [0.05, 0.1) is 5.69 Å². The normalized spacial score (nSPS) is 15.7. The van der Waals surface area contributed by atoms with E-state index in [1.165, 1.54) is 11.4 Å². The monoisotopic (exact) mass is 345 g/mol. The van der Waals surface area contributed by atoms with Gasteiger partial charge in [-0.25, -0.2) is 5.01 Å². The molecule has 1 aliphatic rings. The van der Waals surface area contributed by atoms with Crippen LogP contribution in [0.5, 0.6) is 0 Å². The van der Waals surface area contributed by atoms with E-state index in [4.69, 9.17) is 0 Å². The zero-order valence-corrected chi connectivity index (χ0v) is 15.0. The van der Waals surface area contributed by atoms with Crippen LogP contribution in [0, 0.1) is 5.92 Å². The zero-order valence-electron chi connectivity index (χ0n) is 15.0. The predicted molar refractivity (Wildman–Crippen MR) is 96.9 cm³/mol. The molecule has 1 unspecified atom stereocenters. The van der Waals surface area contributed by atoms with Crippen molar-refractivity contribution < 1.29 is 14.4 Å². The highest BCUT2D eigenvalue weighted by Gasteiger charge is 2.24. The molecule has 1 aromatic rings. The lowest BCUT2D eigenvalue weighted by molar-refractivity contribution is -0.130. The van der Waals surface area contributed by atoms with E-state index >= 15 is 0 Å². The first kappa shape index (κ1) is 19.0. The van der Waals surface area contributed by atoms with Crippen molar-refractivity contribution in [2.24, 2.45) is 5.92 Å². The van der Waals surface area contributed by atoms with Crippen LogP contribution in [-0.2, 0) is 9.59 Å². The molecule has 1 aromatic carbocycles. The number of hydrazine groups is 1. The van der Waals surface area contributed by atoms with Gasteiger partial charge in [-0.3, -0.25) is 19.8 Å². The second-order valence-corrected chi connectivity index (χ2v) is 6.44. The second kappa shape index (κ2) is 9.20. The van der Waals surface area contributed by atoms with Crippen LogP contribution >= 0.6 is 0 Å². The molecule has 0 saturated carbocycles. The minimum absolute atomic E-state index is 0.115. The fraction of sp³-hybridized carbons (Fsp3) is 0.526. The fourth-order valence-electron chi connectivity index (χ4n) is 2.83. The summed E-state index contributed by atoms with van der Waals surface area (Å²) >= 11 is 0. The van der Waals surface area contributed by atoms with E-state index in [1.54, 1.807) is 24.3 Å². The largest absolute Gasteiger partial charge is 0.352 e. The molecule has 1 atom stereocenters. The van der Waals surface area contributed by atoms with Gasteiger partial charge in [0.2, 0.25) is 11.8 Å². The number of unbranched alkanes of at least 4 members (excludes halogenated alkanes) is 1. The molecule has 6 nitrogen and oxygen atoms in total. The van der Waals surface area contributed by atoms with Gasteiger partial charge < -0.3 is 5.32 Å². The molecule has 136 valence electrons. The number of anilines is 1. The average Bonchev–Trinajstić information content (AvgIpc) is 2.64. The molecule has 0 spiro atoms. The van der Waals surface area contributed by atoms with Crippen LogP contribution < -0.4 is 15.8 Å². The molecule has 3 amide bonds. The Kier molecular flexibility index (Phi) is 6.98. The lowest BCUT2D eigenvalue weighted by atomic mass is 9.99. The third-order valence-electron chi connectivity index (χ3n) is 4.53. The molecule has 0 radical (unpaired) electrons. The average molecular weight is 345 g/mol. The van der Waals surface area contributed by atoms with E-state index in [2.05, 4.69) is 24.6 Å². The third-order valence-corrected chi connectivity index (χ3v) is 4.53. The number of carbonyl (C=O) groups is 3. The maximum absolute atomic E-state index is 12.3. The molecule has 6 heteroatoms. The van der Waals surface area contributed by atoms with Crippen LogP contribution in [0.3, 0.4) is 0 Å². The first-order chi connectivity index (χ1) is 12.0. The Morgan fingerprint density at radius 2 is 1.92 bits per heavy atom. The summed E-state index contributed by atoms with van der Waals surface area (Å²) < 4.78 is 0. The van der Waals surface area contributed by atoms with Gasteiger partial charge in [-0.05, 0) is 36.6 Å². The van der Waals surface area contributed by atoms with Crippen LogP contribution in [0.4, 0.5) is 5.69 Å². The van der Waals surface area contributed by atoms with E-state index < -0.39 is 0 Å². The van der Waals surface area contributed by atoms with Gasteiger partial charge >= 0.3 is 0 Å². The molecule has 0 aromatic heterocycles. The van der Waals surface area contributed by atoms with E-state index in [0.717, 1.165) is 19.3 Å².